The summed E-state index contributed by atoms with van der Waals surface area (Å²) in [5, 5.41) is 2.82. The van der Waals surface area contributed by atoms with Gasteiger partial charge >= 0.3 is 0 Å². The predicted molar refractivity (Wildman–Crippen MR) is 25.9 cm³/mol. The molecular weight excluding hydrogens is 94.0 g/mol. The van der Waals surface area contributed by atoms with Crippen LogP contribution in [0, 0.1) is 0 Å². The average molecular weight is 103 g/mol. The van der Waals surface area contributed by atoms with E-state index in [0.717, 1.165) is 6.54 Å². The van der Waals surface area contributed by atoms with Crippen LogP contribution in [0.4, 0.5) is 0 Å². The summed E-state index contributed by atoms with van der Waals surface area (Å²) >= 11 is 0. The van der Waals surface area contributed by atoms with Crippen molar-refractivity contribution in [2.24, 2.45) is 0 Å². The smallest absolute Gasteiger partial charge is 0.293 e. The van der Waals surface area contributed by atoms with Crippen LogP contribution in [-0.4, -0.2) is 26.7 Å². The van der Waals surface area contributed by atoms with Gasteiger partial charge in [0.1, 0.15) is 6.61 Å². The van der Waals surface area contributed by atoms with E-state index in [1.54, 1.807) is 7.05 Å². The monoisotopic (exact) mass is 103 g/mol. The van der Waals surface area contributed by atoms with Crippen molar-refractivity contribution < 1.29 is 9.53 Å². The number of carbonyl (C=O) groups is 1. The Kier molecular flexibility index (Phi) is 4.99. The summed E-state index contributed by atoms with van der Waals surface area (Å²) in [6.07, 6.45) is 0. The van der Waals surface area contributed by atoms with Crippen LogP contribution in [-0.2, 0) is 9.53 Å². The van der Waals surface area contributed by atoms with E-state index in [2.05, 4.69) is 10.1 Å². The van der Waals surface area contributed by atoms with Crippen LogP contribution in [0.5, 0.6) is 0 Å². The molecule has 0 aromatic carbocycles. The van der Waals surface area contributed by atoms with Crippen LogP contribution in [0.3, 0.4) is 0 Å². The molecule has 0 aliphatic carbocycles. The summed E-state index contributed by atoms with van der Waals surface area (Å²) in [6.45, 7) is 1.62. The molecule has 42 valence electrons. The topological polar surface area (TPSA) is 38.3 Å². The highest BCUT2D eigenvalue weighted by atomic mass is 16.5. The van der Waals surface area contributed by atoms with E-state index in [1.165, 1.54) is 0 Å². The second-order valence-corrected chi connectivity index (χ2v) is 1.07. The minimum atomic E-state index is 0.442. The van der Waals surface area contributed by atoms with Crippen LogP contribution in [0.15, 0.2) is 0 Å². The predicted octanol–water partition coefficient (Wildman–Crippen LogP) is -0.621. The zero-order chi connectivity index (χ0) is 5.54. The fraction of sp³-hybridized carbons (Fsp3) is 0.750. The number of rotatable bonds is 4. The third-order valence-corrected chi connectivity index (χ3v) is 0.538. The van der Waals surface area contributed by atoms with E-state index in [9.17, 15) is 4.79 Å². The molecule has 0 amide bonds. The Balaban J connectivity index is 2.56. The van der Waals surface area contributed by atoms with Gasteiger partial charge < -0.3 is 10.1 Å². The van der Waals surface area contributed by atoms with Crippen molar-refractivity contribution in [3.63, 3.8) is 0 Å². The van der Waals surface area contributed by atoms with E-state index in [1.807, 2.05) is 0 Å². The molecule has 0 atom stereocenters. The molecule has 0 aromatic rings. The van der Waals surface area contributed by atoms with Crippen molar-refractivity contribution >= 4 is 6.47 Å². The Labute approximate surface area is 42.7 Å². The van der Waals surface area contributed by atoms with Gasteiger partial charge in [-0.2, -0.15) is 0 Å². The maximum atomic E-state index is 9.43. The van der Waals surface area contributed by atoms with Gasteiger partial charge in [-0.05, 0) is 7.05 Å². The SMILES string of the molecule is CNCCOC=O. The van der Waals surface area contributed by atoms with Crippen LogP contribution < -0.4 is 5.32 Å². The fourth-order valence-electron chi connectivity index (χ4n) is 0.209. The first-order valence-electron chi connectivity index (χ1n) is 2.11. The maximum Gasteiger partial charge on any atom is 0.293 e. The normalized spacial score (nSPS) is 8.14. The number of hydrogen-bond donors (Lipinski definition) is 1. The van der Waals surface area contributed by atoms with Crippen LogP contribution >= 0.6 is 0 Å². The minimum absolute atomic E-state index is 0.442. The molecule has 7 heavy (non-hydrogen) atoms. The second kappa shape index (κ2) is 5.43. The molecule has 0 unspecified atom stereocenters. The number of nitrogens with one attached hydrogen (secondary N) is 1. The maximum absolute atomic E-state index is 9.43. The third kappa shape index (κ3) is 5.43. The number of likely N-dealkylation sites (N-methyl/N-ethyl adjacent to an activating group) is 1. The number of hydrogen-bond acceptors (Lipinski definition) is 3. The lowest BCUT2D eigenvalue weighted by atomic mass is 10.7. The number of ether oxygens (including phenoxy) is 1. The Morgan fingerprint density at radius 1 is 1.86 bits per heavy atom. The molecule has 0 fully saturated rings. The molecule has 0 aliphatic rings. The van der Waals surface area contributed by atoms with Gasteiger partial charge in [0.05, 0.1) is 0 Å². The lowest BCUT2D eigenvalue weighted by Gasteiger charge is -1.93. The lowest BCUT2D eigenvalue weighted by molar-refractivity contribution is -0.128. The quantitative estimate of drug-likeness (QED) is 0.380. The van der Waals surface area contributed by atoms with E-state index in [-0.39, 0.29) is 0 Å². The summed E-state index contributed by atoms with van der Waals surface area (Å²) in [5.41, 5.74) is 0. The van der Waals surface area contributed by atoms with Crippen LogP contribution in [0.25, 0.3) is 0 Å². The van der Waals surface area contributed by atoms with Crippen molar-refractivity contribution in [1.29, 1.82) is 0 Å². The van der Waals surface area contributed by atoms with Gasteiger partial charge in [0.2, 0.25) is 0 Å². The highest BCUT2D eigenvalue weighted by Gasteiger charge is 1.76. The molecular formula is C4H9NO2. The highest BCUT2D eigenvalue weighted by molar-refractivity contribution is 5.36. The molecule has 0 saturated heterocycles. The molecule has 1 N–H and O–H groups in total. The molecule has 0 bridgehead atoms. The van der Waals surface area contributed by atoms with E-state index in [4.69, 9.17) is 0 Å². The average Bonchev–Trinajstić information content (AvgIpc) is 1.69. The zero-order valence-electron chi connectivity index (χ0n) is 4.31. The van der Waals surface area contributed by atoms with Crippen molar-refractivity contribution in [1.82, 2.24) is 5.32 Å². The number of carbonyl (C=O) groups excluding carboxylic acids is 1. The lowest BCUT2D eigenvalue weighted by Crippen LogP contribution is -2.13. The van der Waals surface area contributed by atoms with E-state index < -0.39 is 0 Å². The molecule has 3 heteroatoms. The van der Waals surface area contributed by atoms with Gasteiger partial charge in [-0.25, -0.2) is 0 Å². The molecule has 0 heterocycles. The molecule has 0 rings (SSSR count). The van der Waals surface area contributed by atoms with Crippen molar-refractivity contribution in [3.8, 4) is 0 Å². The van der Waals surface area contributed by atoms with Crippen molar-refractivity contribution in [2.75, 3.05) is 20.2 Å². The van der Waals surface area contributed by atoms with Gasteiger partial charge in [-0.15, -0.1) is 0 Å². The first-order chi connectivity index (χ1) is 3.41. The van der Waals surface area contributed by atoms with Crippen LogP contribution in [0.2, 0.25) is 0 Å². The summed E-state index contributed by atoms with van der Waals surface area (Å²) in [4.78, 5) is 9.43. The molecule has 0 radical (unpaired) electrons. The summed E-state index contributed by atoms with van der Waals surface area (Å²) in [7, 11) is 1.80. The van der Waals surface area contributed by atoms with Crippen molar-refractivity contribution in [3.05, 3.63) is 0 Å². The largest absolute Gasteiger partial charge is 0.467 e. The van der Waals surface area contributed by atoms with E-state index >= 15 is 0 Å². The summed E-state index contributed by atoms with van der Waals surface area (Å²) in [5.74, 6) is 0. The molecule has 0 aromatic heterocycles. The molecule has 0 spiro atoms. The summed E-state index contributed by atoms with van der Waals surface area (Å²) in [6, 6.07) is 0. The van der Waals surface area contributed by atoms with Crippen LogP contribution in [0.1, 0.15) is 0 Å². The first kappa shape index (κ1) is 6.43. The first-order valence-corrected chi connectivity index (χ1v) is 2.11. The highest BCUT2D eigenvalue weighted by Crippen LogP contribution is 1.59. The Morgan fingerprint density at radius 3 is 3.00 bits per heavy atom. The molecule has 0 aliphatic heterocycles. The summed E-state index contributed by atoms with van der Waals surface area (Å²) < 4.78 is 4.33. The molecule has 0 saturated carbocycles. The van der Waals surface area contributed by atoms with Gasteiger partial charge in [-0.3, -0.25) is 4.79 Å². The second-order valence-electron chi connectivity index (χ2n) is 1.07. The minimum Gasteiger partial charge on any atom is -0.467 e. The fourth-order valence-corrected chi connectivity index (χ4v) is 0.209. The molecule has 3 nitrogen and oxygen atoms in total. The third-order valence-electron chi connectivity index (χ3n) is 0.538. The Morgan fingerprint density at radius 2 is 2.57 bits per heavy atom. The Hall–Kier alpha value is -0.570. The Bertz CT molecular complexity index is 47.0. The van der Waals surface area contributed by atoms with Gasteiger partial charge in [0.15, 0.2) is 0 Å². The van der Waals surface area contributed by atoms with Gasteiger partial charge in [0, 0.05) is 6.54 Å². The van der Waals surface area contributed by atoms with Crippen molar-refractivity contribution in [2.45, 2.75) is 0 Å². The van der Waals surface area contributed by atoms with E-state index in [0.29, 0.717) is 13.1 Å². The standard InChI is InChI=1S/C4H9NO2/c1-5-2-3-7-4-6/h4-5H,2-3H2,1H3. The van der Waals surface area contributed by atoms with Gasteiger partial charge in [0.25, 0.3) is 6.47 Å². The van der Waals surface area contributed by atoms with Gasteiger partial charge in [-0.1, -0.05) is 0 Å². The zero-order valence-corrected chi connectivity index (χ0v) is 4.31.